The molecule has 11 heavy (non-hydrogen) atoms. The third kappa shape index (κ3) is 1.91. The number of nitrogens with zero attached hydrogens (tertiary/aromatic N) is 1. The molecule has 3 N–H and O–H groups in total. The van der Waals surface area contributed by atoms with Crippen LogP contribution in [-0.2, 0) is 5.88 Å². The lowest BCUT2D eigenvalue weighted by Gasteiger charge is -1.98. The standard InChI is InChI=1S/C7H8ClN3/c8-4-5-1-2-11-6(3-5)7(9)10/h1-3H,4H2,(H3,9,10). The fourth-order valence-electron chi connectivity index (χ4n) is 0.705. The average Bonchev–Trinajstić information content (AvgIpc) is 2.05. The second kappa shape index (κ2) is 3.34. The van der Waals surface area contributed by atoms with Crippen LogP contribution in [0.5, 0.6) is 0 Å². The number of alkyl halides is 1. The van der Waals surface area contributed by atoms with E-state index in [2.05, 4.69) is 4.98 Å². The lowest BCUT2D eigenvalue weighted by atomic mass is 10.2. The van der Waals surface area contributed by atoms with Crippen molar-refractivity contribution in [2.75, 3.05) is 0 Å². The Morgan fingerprint density at radius 3 is 3.00 bits per heavy atom. The van der Waals surface area contributed by atoms with Crippen LogP contribution in [0, 0.1) is 5.41 Å². The first-order valence-corrected chi connectivity index (χ1v) is 3.63. The van der Waals surface area contributed by atoms with E-state index in [1.54, 1.807) is 18.3 Å². The molecular formula is C7H8ClN3. The van der Waals surface area contributed by atoms with Gasteiger partial charge in [0.1, 0.15) is 11.5 Å². The maximum absolute atomic E-state index is 7.08. The first kappa shape index (κ1) is 8.01. The molecule has 1 rings (SSSR count). The molecular weight excluding hydrogens is 162 g/mol. The Hall–Kier alpha value is -1.09. The predicted octanol–water partition coefficient (Wildman–Crippen LogP) is 1.10. The van der Waals surface area contributed by atoms with Crippen molar-refractivity contribution >= 4 is 17.4 Å². The molecule has 0 aliphatic carbocycles. The van der Waals surface area contributed by atoms with Gasteiger partial charge in [0, 0.05) is 12.1 Å². The summed E-state index contributed by atoms with van der Waals surface area (Å²) in [6, 6.07) is 3.49. The van der Waals surface area contributed by atoms with E-state index in [-0.39, 0.29) is 5.84 Å². The molecule has 0 unspecified atom stereocenters. The highest BCUT2D eigenvalue weighted by atomic mass is 35.5. The van der Waals surface area contributed by atoms with Gasteiger partial charge in [-0.3, -0.25) is 10.4 Å². The summed E-state index contributed by atoms with van der Waals surface area (Å²) in [5.41, 5.74) is 6.61. The molecule has 4 heteroatoms. The van der Waals surface area contributed by atoms with Crippen molar-refractivity contribution in [1.29, 1.82) is 5.41 Å². The minimum atomic E-state index is -0.0306. The molecule has 1 aromatic rings. The Bertz CT molecular complexity index is 272. The van der Waals surface area contributed by atoms with Crippen molar-refractivity contribution in [2.45, 2.75) is 5.88 Å². The minimum absolute atomic E-state index is 0.0306. The number of halogens is 1. The van der Waals surface area contributed by atoms with Crippen LogP contribution in [0.4, 0.5) is 0 Å². The number of rotatable bonds is 2. The highest BCUT2D eigenvalue weighted by Crippen LogP contribution is 2.03. The zero-order chi connectivity index (χ0) is 8.27. The van der Waals surface area contributed by atoms with Crippen LogP contribution in [0.15, 0.2) is 18.3 Å². The maximum atomic E-state index is 7.08. The summed E-state index contributed by atoms with van der Waals surface area (Å²) in [6.45, 7) is 0. The summed E-state index contributed by atoms with van der Waals surface area (Å²) in [7, 11) is 0. The molecule has 0 atom stereocenters. The predicted molar refractivity (Wildman–Crippen MR) is 44.8 cm³/mol. The number of amidine groups is 1. The highest BCUT2D eigenvalue weighted by Gasteiger charge is 1.97. The van der Waals surface area contributed by atoms with Crippen LogP contribution < -0.4 is 5.73 Å². The van der Waals surface area contributed by atoms with E-state index in [9.17, 15) is 0 Å². The molecule has 0 aromatic carbocycles. The molecule has 0 radical (unpaired) electrons. The molecule has 0 fully saturated rings. The van der Waals surface area contributed by atoms with Crippen molar-refractivity contribution in [3.8, 4) is 0 Å². The molecule has 1 heterocycles. The molecule has 0 saturated heterocycles. The number of hydrogen-bond donors (Lipinski definition) is 2. The van der Waals surface area contributed by atoms with E-state index in [1.165, 1.54) is 0 Å². The van der Waals surface area contributed by atoms with E-state index in [0.29, 0.717) is 11.6 Å². The van der Waals surface area contributed by atoms with Crippen LogP contribution in [0.2, 0.25) is 0 Å². The molecule has 0 spiro atoms. The van der Waals surface area contributed by atoms with Gasteiger partial charge in [-0.2, -0.15) is 0 Å². The number of nitrogen functional groups attached to an aromatic ring is 1. The Morgan fingerprint density at radius 1 is 1.73 bits per heavy atom. The van der Waals surface area contributed by atoms with Crippen molar-refractivity contribution < 1.29 is 0 Å². The van der Waals surface area contributed by atoms with Gasteiger partial charge in [0.05, 0.1) is 0 Å². The lowest BCUT2D eigenvalue weighted by molar-refractivity contribution is 1.22. The third-order valence-electron chi connectivity index (χ3n) is 1.25. The molecule has 0 amide bonds. The van der Waals surface area contributed by atoms with Gasteiger partial charge in [-0.05, 0) is 17.7 Å². The Morgan fingerprint density at radius 2 is 2.45 bits per heavy atom. The lowest BCUT2D eigenvalue weighted by Crippen LogP contribution is -2.12. The van der Waals surface area contributed by atoms with E-state index in [4.69, 9.17) is 22.7 Å². The molecule has 58 valence electrons. The van der Waals surface area contributed by atoms with Crippen LogP contribution in [0.3, 0.4) is 0 Å². The van der Waals surface area contributed by atoms with Gasteiger partial charge in [0.2, 0.25) is 0 Å². The normalized spacial score (nSPS) is 9.55. The van der Waals surface area contributed by atoms with Gasteiger partial charge in [-0.25, -0.2) is 0 Å². The summed E-state index contributed by atoms with van der Waals surface area (Å²) < 4.78 is 0. The van der Waals surface area contributed by atoms with Crippen molar-refractivity contribution in [3.05, 3.63) is 29.6 Å². The minimum Gasteiger partial charge on any atom is -0.382 e. The second-order valence-electron chi connectivity index (χ2n) is 2.10. The number of pyridine rings is 1. The van der Waals surface area contributed by atoms with Crippen LogP contribution in [0.1, 0.15) is 11.3 Å². The Balaban J connectivity index is 3.01. The number of nitrogens with two attached hydrogens (primary N) is 1. The zero-order valence-corrected chi connectivity index (χ0v) is 6.60. The number of hydrogen-bond acceptors (Lipinski definition) is 2. The largest absolute Gasteiger partial charge is 0.382 e. The summed E-state index contributed by atoms with van der Waals surface area (Å²) in [4.78, 5) is 3.88. The summed E-state index contributed by atoms with van der Waals surface area (Å²) in [5.74, 6) is 0.389. The molecule has 3 nitrogen and oxygen atoms in total. The fraction of sp³-hybridized carbons (Fsp3) is 0.143. The summed E-state index contributed by atoms with van der Waals surface area (Å²) in [5, 5.41) is 7.08. The Labute approximate surface area is 69.7 Å². The van der Waals surface area contributed by atoms with Crippen LogP contribution in [0.25, 0.3) is 0 Å². The van der Waals surface area contributed by atoms with Gasteiger partial charge in [-0.15, -0.1) is 11.6 Å². The molecule has 0 saturated carbocycles. The first-order chi connectivity index (χ1) is 5.24. The van der Waals surface area contributed by atoms with E-state index < -0.39 is 0 Å². The third-order valence-corrected chi connectivity index (χ3v) is 1.56. The average molecular weight is 170 g/mol. The maximum Gasteiger partial charge on any atom is 0.141 e. The van der Waals surface area contributed by atoms with Crippen molar-refractivity contribution in [3.63, 3.8) is 0 Å². The van der Waals surface area contributed by atoms with Gasteiger partial charge in [0.25, 0.3) is 0 Å². The van der Waals surface area contributed by atoms with E-state index in [0.717, 1.165) is 5.56 Å². The molecule has 0 aliphatic rings. The van der Waals surface area contributed by atoms with E-state index in [1.807, 2.05) is 0 Å². The molecule has 1 aromatic heterocycles. The number of aromatic nitrogens is 1. The van der Waals surface area contributed by atoms with Crippen molar-refractivity contribution in [1.82, 2.24) is 4.98 Å². The highest BCUT2D eigenvalue weighted by molar-refractivity contribution is 6.17. The second-order valence-corrected chi connectivity index (χ2v) is 2.36. The van der Waals surface area contributed by atoms with E-state index >= 15 is 0 Å². The van der Waals surface area contributed by atoms with Crippen LogP contribution in [-0.4, -0.2) is 10.8 Å². The molecule has 0 aliphatic heterocycles. The van der Waals surface area contributed by atoms with Gasteiger partial charge in [-0.1, -0.05) is 0 Å². The quantitative estimate of drug-likeness (QED) is 0.396. The van der Waals surface area contributed by atoms with Gasteiger partial charge < -0.3 is 5.73 Å². The van der Waals surface area contributed by atoms with Gasteiger partial charge in [0.15, 0.2) is 0 Å². The summed E-state index contributed by atoms with van der Waals surface area (Å²) >= 11 is 5.56. The van der Waals surface area contributed by atoms with Gasteiger partial charge >= 0.3 is 0 Å². The molecule has 0 bridgehead atoms. The summed E-state index contributed by atoms with van der Waals surface area (Å²) in [6.07, 6.45) is 1.59. The smallest absolute Gasteiger partial charge is 0.141 e. The SMILES string of the molecule is N=C(N)c1cc(CCl)ccn1. The van der Waals surface area contributed by atoms with Crippen LogP contribution >= 0.6 is 11.6 Å². The Kier molecular flexibility index (Phi) is 2.44. The zero-order valence-electron chi connectivity index (χ0n) is 5.84. The fourth-order valence-corrected chi connectivity index (χ4v) is 0.871. The first-order valence-electron chi connectivity index (χ1n) is 3.09. The van der Waals surface area contributed by atoms with Crippen molar-refractivity contribution in [2.24, 2.45) is 5.73 Å². The number of nitrogens with one attached hydrogen (secondary N) is 1. The monoisotopic (exact) mass is 169 g/mol. The topological polar surface area (TPSA) is 62.8 Å².